The fourth-order valence-electron chi connectivity index (χ4n) is 4.46. The van der Waals surface area contributed by atoms with Crippen molar-refractivity contribution in [2.24, 2.45) is 5.92 Å². The molecule has 0 saturated heterocycles. The Labute approximate surface area is 260 Å². The van der Waals surface area contributed by atoms with Gasteiger partial charge < -0.3 is 26.2 Å². The number of H-pyrrole nitrogens is 1. The number of carbonyl (C=O) groups excluding carboxylic acids is 6. The van der Waals surface area contributed by atoms with Gasteiger partial charge in [0.1, 0.15) is 24.7 Å². The second-order valence-corrected chi connectivity index (χ2v) is 11.6. The van der Waals surface area contributed by atoms with E-state index in [2.05, 4.69) is 26.4 Å². The van der Waals surface area contributed by atoms with Crippen molar-refractivity contribution in [1.29, 1.82) is 0 Å². The summed E-state index contributed by atoms with van der Waals surface area (Å²) < 4.78 is 0.850. The Balaban J connectivity index is 2.15. The third-order valence-electron chi connectivity index (χ3n) is 6.95. The number of aromatic nitrogens is 2. The molecule has 0 unspecified atom stereocenters. The Morgan fingerprint density at radius 3 is 1.91 bits per heavy atom. The zero-order chi connectivity index (χ0) is 34.0. The zero-order valence-electron chi connectivity index (χ0n) is 26.7. The van der Waals surface area contributed by atoms with Gasteiger partial charge in [-0.05, 0) is 44.7 Å². The lowest BCUT2D eigenvalue weighted by Crippen LogP contribution is -2.56. The molecule has 246 valence electrons. The molecule has 4 atom stereocenters. The van der Waals surface area contributed by atoms with Gasteiger partial charge in [-0.3, -0.25) is 43.5 Å². The summed E-state index contributed by atoms with van der Waals surface area (Å²) in [6, 6.07) is 1.80. The number of hydrogen-bond acceptors (Lipinski definition) is 8. The van der Waals surface area contributed by atoms with Gasteiger partial charge in [-0.2, -0.15) is 0 Å². The van der Waals surface area contributed by atoms with E-state index in [1.807, 2.05) is 13.8 Å². The Kier molecular flexibility index (Phi) is 13.2. The highest BCUT2D eigenvalue weighted by atomic mass is 16.2. The minimum absolute atomic E-state index is 0.0873. The van der Waals surface area contributed by atoms with E-state index in [1.165, 1.54) is 51.9 Å². The fourth-order valence-corrected chi connectivity index (χ4v) is 4.46. The second kappa shape index (κ2) is 16.3. The van der Waals surface area contributed by atoms with E-state index < -0.39 is 71.2 Å². The molecule has 0 saturated carbocycles. The van der Waals surface area contributed by atoms with Crippen LogP contribution in [0.3, 0.4) is 0 Å². The lowest BCUT2D eigenvalue weighted by Gasteiger charge is -2.24. The predicted molar refractivity (Wildman–Crippen MR) is 166 cm³/mol. The van der Waals surface area contributed by atoms with E-state index in [1.54, 1.807) is 12.1 Å². The van der Waals surface area contributed by atoms with Gasteiger partial charge in [0.05, 0.1) is 16.8 Å². The smallest absolute Gasteiger partial charge is 0.273 e. The molecule has 0 spiro atoms. The molecule has 45 heavy (non-hydrogen) atoms. The number of nitrogens with zero attached hydrogens (tertiary/aromatic N) is 2. The van der Waals surface area contributed by atoms with Crippen LogP contribution in [0.1, 0.15) is 53.9 Å². The second-order valence-electron chi connectivity index (χ2n) is 11.6. The number of carbonyl (C=O) groups is 6. The molecule has 0 radical (unpaired) electrons. The number of hydrogen-bond donors (Lipinski definition) is 5. The number of amides is 5. The fraction of sp³-hybridized carbons (Fsp3) is 0.533. The molecule has 1 aromatic carbocycles. The van der Waals surface area contributed by atoms with Crippen molar-refractivity contribution in [3.8, 4) is 0 Å². The molecule has 5 amide bonds. The van der Waals surface area contributed by atoms with Gasteiger partial charge >= 0.3 is 0 Å². The summed E-state index contributed by atoms with van der Waals surface area (Å²) in [7, 11) is 3.08. The van der Waals surface area contributed by atoms with Crippen LogP contribution in [0.4, 0.5) is 0 Å². The third kappa shape index (κ3) is 10.7. The van der Waals surface area contributed by atoms with E-state index in [0.717, 1.165) is 4.68 Å². The quantitative estimate of drug-likeness (QED) is 0.168. The molecule has 0 aliphatic heterocycles. The summed E-state index contributed by atoms with van der Waals surface area (Å²) >= 11 is 0. The van der Waals surface area contributed by atoms with Crippen molar-refractivity contribution in [2.75, 3.05) is 14.1 Å². The molecule has 1 heterocycles. The molecule has 5 N–H and O–H groups in total. The summed E-state index contributed by atoms with van der Waals surface area (Å²) in [6.45, 7) is 7.25. The summed E-state index contributed by atoms with van der Waals surface area (Å²) in [5, 5.41) is 12.7. The monoisotopic (exact) mass is 629 g/mol. The Morgan fingerprint density at radius 2 is 1.36 bits per heavy atom. The van der Waals surface area contributed by atoms with Crippen LogP contribution in [-0.4, -0.2) is 88.3 Å². The lowest BCUT2D eigenvalue weighted by molar-refractivity contribution is -0.134. The maximum Gasteiger partial charge on any atom is 0.273 e. The summed E-state index contributed by atoms with van der Waals surface area (Å²) in [6.07, 6.45) is 0.133. The average Bonchev–Trinajstić information content (AvgIpc) is 2.96. The number of ketones is 1. The van der Waals surface area contributed by atoms with Gasteiger partial charge in [-0.1, -0.05) is 26.0 Å². The zero-order valence-corrected chi connectivity index (χ0v) is 26.7. The topological polar surface area (TPSA) is 209 Å². The van der Waals surface area contributed by atoms with Crippen molar-refractivity contribution in [3.05, 3.63) is 45.0 Å². The summed E-state index contributed by atoms with van der Waals surface area (Å²) in [5.74, 6) is -3.28. The molecular formula is C30H43N7O8. The lowest BCUT2D eigenvalue weighted by atomic mass is 10.0. The Morgan fingerprint density at radius 1 is 0.800 bits per heavy atom. The third-order valence-corrected chi connectivity index (χ3v) is 6.95. The van der Waals surface area contributed by atoms with Gasteiger partial charge in [-0.25, -0.2) is 4.68 Å². The van der Waals surface area contributed by atoms with E-state index in [-0.39, 0.29) is 35.4 Å². The maximum atomic E-state index is 13.3. The summed E-state index contributed by atoms with van der Waals surface area (Å²) in [4.78, 5) is 102. The number of rotatable bonds is 15. The number of aromatic amines is 1. The van der Waals surface area contributed by atoms with Gasteiger partial charge in [0.2, 0.25) is 29.5 Å². The average molecular weight is 630 g/mol. The van der Waals surface area contributed by atoms with E-state index in [4.69, 9.17) is 0 Å². The van der Waals surface area contributed by atoms with Crippen molar-refractivity contribution in [1.82, 2.24) is 35.9 Å². The first kappa shape index (κ1) is 36.4. The van der Waals surface area contributed by atoms with Crippen LogP contribution in [0.25, 0.3) is 10.8 Å². The predicted octanol–water partition coefficient (Wildman–Crippen LogP) is -0.828. The molecule has 1 aromatic heterocycles. The molecule has 15 heteroatoms. The van der Waals surface area contributed by atoms with Crippen molar-refractivity contribution in [3.63, 3.8) is 0 Å². The minimum Gasteiger partial charge on any atom is -0.349 e. The maximum absolute atomic E-state index is 13.3. The number of nitrogens with one attached hydrogen (secondary N) is 5. The van der Waals surface area contributed by atoms with Crippen LogP contribution in [-0.2, 0) is 35.3 Å². The van der Waals surface area contributed by atoms with Crippen molar-refractivity contribution >= 4 is 46.1 Å². The number of fused-ring (bicyclic) bond motifs is 1. The molecule has 0 aliphatic carbocycles. The highest BCUT2D eigenvalue weighted by Gasteiger charge is 2.29. The molecule has 0 bridgehead atoms. The van der Waals surface area contributed by atoms with Gasteiger partial charge in [0.25, 0.3) is 11.1 Å². The largest absolute Gasteiger partial charge is 0.349 e. The van der Waals surface area contributed by atoms with Crippen LogP contribution in [0, 0.1) is 5.92 Å². The molecular weight excluding hydrogens is 586 g/mol. The normalized spacial score (nSPS) is 13.7. The highest BCUT2D eigenvalue weighted by Crippen LogP contribution is 2.07. The van der Waals surface area contributed by atoms with Crippen molar-refractivity contribution in [2.45, 2.75) is 84.6 Å². The van der Waals surface area contributed by atoms with Crippen LogP contribution in [0.2, 0.25) is 0 Å². The van der Waals surface area contributed by atoms with Crippen LogP contribution in [0.5, 0.6) is 0 Å². The standard InChI is InChI=1S/C30H43N7O8/c1-16(2)14-23(33-19(5)38)29(44)32-17(3)26(41)31-18(4)27(42)34-22(12-13-25(40)36(6)7)24(39)15-37-30(45)21-11-9-8-10-20(21)28(43)35-37/h8-11,16-18,22-23H,12-15H2,1-7H3,(H,31,41)(H,32,44)(H,33,38)(H,34,42)(H,35,43)/t17-,18-,22-,23-/m0/s1. The summed E-state index contributed by atoms with van der Waals surface area (Å²) in [5.41, 5.74) is -1.19. The first-order valence-electron chi connectivity index (χ1n) is 14.6. The molecule has 2 aromatic rings. The number of benzene rings is 1. The van der Waals surface area contributed by atoms with Gasteiger partial charge in [0.15, 0.2) is 5.78 Å². The SMILES string of the molecule is CC(=O)N[C@@H](CC(C)C)C(=O)N[C@@H](C)C(=O)N[C@@H](C)C(=O)N[C@@H](CCC(=O)N(C)C)C(=O)Cn1[nH]c(=O)c2ccccc2c1=O. The first-order chi connectivity index (χ1) is 21.0. The Hall–Kier alpha value is -4.82. The molecule has 0 aliphatic rings. The van der Waals surface area contributed by atoms with E-state index in [0.29, 0.717) is 6.42 Å². The first-order valence-corrected chi connectivity index (χ1v) is 14.6. The molecule has 15 nitrogen and oxygen atoms in total. The van der Waals surface area contributed by atoms with E-state index in [9.17, 15) is 38.4 Å². The van der Waals surface area contributed by atoms with Gasteiger partial charge in [-0.15, -0.1) is 0 Å². The molecule has 2 rings (SSSR count). The van der Waals surface area contributed by atoms with E-state index >= 15 is 0 Å². The van der Waals surface area contributed by atoms with Crippen LogP contribution in [0.15, 0.2) is 33.9 Å². The minimum atomic E-state index is -1.24. The van der Waals surface area contributed by atoms with Gasteiger partial charge in [0, 0.05) is 27.4 Å². The van der Waals surface area contributed by atoms with Crippen LogP contribution < -0.4 is 32.4 Å². The van der Waals surface area contributed by atoms with Crippen LogP contribution >= 0.6 is 0 Å². The number of Topliss-reactive ketones (excluding diaryl/α,β-unsaturated/α-hetero) is 1. The molecule has 0 fully saturated rings. The van der Waals surface area contributed by atoms with Crippen molar-refractivity contribution < 1.29 is 28.8 Å². The Bertz CT molecular complexity index is 1540. The highest BCUT2D eigenvalue weighted by molar-refractivity contribution is 5.95.